The summed E-state index contributed by atoms with van der Waals surface area (Å²) in [4.78, 5) is 27.6. The summed E-state index contributed by atoms with van der Waals surface area (Å²) < 4.78 is 1.76. The number of carbonyl (C=O) groups is 2. The highest BCUT2D eigenvalue weighted by Gasteiger charge is 2.13. The van der Waals surface area contributed by atoms with E-state index in [-0.39, 0.29) is 24.0 Å². The van der Waals surface area contributed by atoms with Crippen molar-refractivity contribution in [3.05, 3.63) is 41.0 Å². The van der Waals surface area contributed by atoms with E-state index in [0.717, 1.165) is 11.3 Å². The topological polar surface area (TPSA) is 116 Å². The van der Waals surface area contributed by atoms with Crippen molar-refractivity contribution >= 4 is 40.0 Å². The molecule has 3 aromatic rings. The minimum absolute atomic E-state index is 0.170. The highest BCUT2D eigenvalue weighted by Crippen LogP contribution is 2.25. The Labute approximate surface area is 170 Å². The minimum atomic E-state index is -0.384. The molecule has 0 aliphatic carbocycles. The van der Waals surface area contributed by atoms with E-state index in [0.29, 0.717) is 22.5 Å². The van der Waals surface area contributed by atoms with E-state index >= 15 is 0 Å². The number of amides is 2. The van der Waals surface area contributed by atoms with Gasteiger partial charge in [0.1, 0.15) is 5.82 Å². The standard InChI is InChI=1S/C18H20N6O2S2/c1-11-3-5-12(6-4-11)13-9-27-17(20-13)21-16(26)10-28-18-23-22-15(24(18)2)8-7-14(19)25/h3-6,9H,7-8,10H2,1-2H3,(H2,19,25)(H,20,21,26). The van der Waals surface area contributed by atoms with Crippen LogP contribution in [0.2, 0.25) is 0 Å². The number of thioether (sulfide) groups is 1. The molecule has 0 aliphatic heterocycles. The molecule has 0 atom stereocenters. The molecular weight excluding hydrogens is 396 g/mol. The zero-order chi connectivity index (χ0) is 20.1. The number of nitrogens with one attached hydrogen (secondary N) is 1. The van der Waals surface area contributed by atoms with Crippen molar-refractivity contribution in [2.24, 2.45) is 12.8 Å². The summed E-state index contributed by atoms with van der Waals surface area (Å²) >= 11 is 2.66. The van der Waals surface area contributed by atoms with Gasteiger partial charge in [0.2, 0.25) is 11.8 Å². The second-order valence-corrected chi connectivity index (χ2v) is 7.97. The molecule has 0 unspecified atom stereocenters. The van der Waals surface area contributed by atoms with Gasteiger partial charge in [-0.2, -0.15) is 0 Å². The SMILES string of the molecule is Cc1ccc(-c2csc(NC(=O)CSc3nnc(CCC(N)=O)n3C)n2)cc1. The van der Waals surface area contributed by atoms with Gasteiger partial charge in [-0.25, -0.2) is 4.98 Å². The van der Waals surface area contributed by atoms with Crippen LogP contribution in [0.1, 0.15) is 17.8 Å². The van der Waals surface area contributed by atoms with E-state index < -0.39 is 0 Å². The van der Waals surface area contributed by atoms with Crippen LogP contribution >= 0.6 is 23.1 Å². The maximum Gasteiger partial charge on any atom is 0.236 e. The molecule has 0 aliphatic rings. The third-order valence-electron chi connectivity index (χ3n) is 3.95. The lowest BCUT2D eigenvalue weighted by atomic mass is 10.1. The molecule has 2 heterocycles. The average molecular weight is 417 g/mol. The van der Waals surface area contributed by atoms with Gasteiger partial charge in [-0.3, -0.25) is 9.59 Å². The van der Waals surface area contributed by atoms with Crippen molar-refractivity contribution in [3.63, 3.8) is 0 Å². The van der Waals surface area contributed by atoms with Crippen LogP contribution in [0.3, 0.4) is 0 Å². The maximum absolute atomic E-state index is 12.2. The number of thiazole rings is 1. The van der Waals surface area contributed by atoms with E-state index in [1.807, 2.05) is 36.6 Å². The van der Waals surface area contributed by atoms with E-state index in [9.17, 15) is 9.59 Å². The molecule has 146 valence electrons. The number of nitrogens with two attached hydrogens (primary N) is 1. The smallest absolute Gasteiger partial charge is 0.236 e. The minimum Gasteiger partial charge on any atom is -0.370 e. The zero-order valence-corrected chi connectivity index (χ0v) is 17.1. The average Bonchev–Trinajstić information content (AvgIpc) is 3.26. The maximum atomic E-state index is 12.2. The number of carbonyl (C=O) groups excluding carboxylic acids is 2. The first kappa shape index (κ1) is 20.0. The van der Waals surface area contributed by atoms with Crippen LogP contribution in [0.15, 0.2) is 34.8 Å². The summed E-state index contributed by atoms with van der Waals surface area (Å²) in [5.41, 5.74) is 8.19. The van der Waals surface area contributed by atoms with Gasteiger partial charge in [-0.1, -0.05) is 41.6 Å². The Morgan fingerprint density at radius 2 is 2.00 bits per heavy atom. The Bertz CT molecular complexity index is 980. The van der Waals surface area contributed by atoms with E-state index in [2.05, 4.69) is 20.5 Å². The summed E-state index contributed by atoms with van der Waals surface area (Å²) in [5, 5.41) is 14.0. The van der Waals surface area contributed by atoms with Crippen LogP contribution in [0, 0.1) is 6.92 Å². The molecule has 2 amide bonds. The van der Waals surface area contributed by atoms with Gasteiger partial charge in [0.05, 0.1) is 11.4 Å². The van der Waals surface area contributed by atoms with Crippen LogP contribution in [0.25, 0.3) is 11.3 Å². The first-order valence-corrected chi connectivity index (χ1v) is 10.4. The Hall–Kier alpha value is -2.72. The second kappa shape index (κ2) is 8.98. The van der Waals surface area contributed by atoms with Gasteiger partial charge in [0.25, 0.3) is 0 Å². The van der Waals surface area contributed by atoms with E-state index in [1.54, 1.807) is 11.6 Å². The first-order valence-electron chi connectivity index (χ1n) is 8.54. The predicted molar refractivity (Wildman–Crippen MR) is 110 cm³/mol. The first-order chi connectivity index (χ1) is 13.4. The highest BCUT2D eigenvalue weighted by molar-refractivity contribution is 7.99. The molecule has 0 saturated carbocycles. The number of primary amides is 1. The Morgan fingerprint density at radius 3 is 2.71 bits per heavy atom. The largest absolute Gasteiger partial charge is 0.370 e. The normalized spacial score (nSPS) is 10.8. The van der Waals surface area contributed by atoms with Crippen LogP contribution in [-0.2, 0) is 23.1 Å². The number of hydrogen-bond acceptors (Lipinski definition) is 7. The summed E-state index contributed by atoms with van der Waals surface area (Å²) in [7, 11) is 1.80. The van der Waals surface area contributed by atoms with Gasteiger partial charge in [-0.05, 0) is 6.92 Å². The quantitative estimate of drug-likeness (QED) is 0.545. The summed E-state index contributed by atoms with van der Waals surface area (Å²) in [6.45, 7) is 2.03. The molecule has 3 N–H and O–H groups in total. The monoisotopic (exact) mass is 416 g/mol. The number of aromatic nitrogens is 4. The Morgan fingerprint density at radius 1 is 1.25 bits per heavy atom. The van der Waals surface area contributed by atoms with Gasteiger partial charge in [-0.15, -0.1) is 21.5 Å². The number of aryl methyl sites for hydroxylation is 2. The van der Waals surface area contributed by atoms with Crippen molar-refractivity contribution < 1.29 is 9.59 Å². The summed E-state index contributed by atoms with van der Waals surface area (Å²) in [6, 6.07) is 8.08. The van der Waals surface area contributed by atoms with Gasteiger partial charge < -0.3 is 15.6 Å². The second-order valence-electron chi connectivity index (χ2n) is 6.16. The van der Waals surface area contributed by atoms with Gasteiger partial charge in [0.15, 0.2) is 10.3 Å². The molecule has 28 heavy (non-hydrogen) atoms. The fourth-order valence-electron chi connectivity index (χ4n) is 2.40. The molecular formula is C18H20N6O2S2. The van der Waals surface area contributed by atoms with Gasteiger partial charge >= 0.3 is 0 Å². The van der Waals surface area contributed by atoms with Crippen LogP contribution < -0.4 is 11.1 Å². The lowest BCUT2D eigenvalue weighted by molar-refractivity contribution is -0.118. The van der Waals surface area contributed by atoms with E-state index in [4.69, 9.17) is 5.73 Å². The number of rotatable bonds is 8. The predicted octanol–water partition coefficient (Wildman–Crippen LogP) is 2.40. The third-order valence-corrected chi connectivity index (χ3v) is 5.73. The van der Waals surface area contributed by atoms with E-state index in [1.165, 1.54) is 28.7 Å². The fourth-order valence-corrected chi connectivity index (χ4v) is 3.86. The van der Waals surface area contributed by atoms with Gasteiger partial charge in [0, 0.05) is 30.8 Å². The Balaban J connectivity index is 1.54. The summed E-state index contributed by atoms with van der Waals surface area (Å²) in [5.74, 6) is 0.284. The number of anilines is 1. The lowest BCUT2D eigenvalue weighted by Crippen LogP contribution is -2.14. The van der Waals surface area contributed by atoms with Crippen molar-refractivity contribution in [2.45, 2.75) is 24.9 Å². The van der Waals surface area contributed by atoms with Crippen molar-refractivity contribution in [2.75, 3.05) is 11.1 Å². The molecule has 0 fully saturated rings. The molecule has 0 radical (unpaired) electrons. The lowest BCUT2D eigenvalue weighted by Gasteiger charge is -2.03. The molecule has 8 nitrogen and oxygen atoms in total. The number of benzene rings is 1. The third kappa shape index (κ3) is 5.17. The molecule has 10 heteroatoms. The fraction of sp³-hybridized carbons (Fsp3) is 0.278. The van der Waals surface area contributed by atoms with Crippen molar-refractivity contribution in [1.82, 2.24) is 19.7 Å². The van der Waals surface area contributed by atoms with Crippen molar-refractivity contribution in [1.29, 1.82) is 0 Å². The number of hydrogen-bond donors (Lipinski definition) is 2. The molecule has 3 rings (SSSR count). The molecule has 0 spiro atoms. The Kier molecular flexibility index (Phi) is 6.42. The molecule has 0 saturated heterocycles. The van der Waals surface area contributed by atoms with Crippen LogP contribution in [0.4, 0.5) is 5.13 Å². The molecule has 2 aromatic heterocycles. The zero-order valence-electron chi connectivity index (χ0n) is 15.5. The van der Waals surface area contributed by atoms with Crippen LogP contribution in [-0.4, -0.2) is 37.3 Å². The number of nitrogens with zero attached hydrogens (tertiary/aromatic N) is 4. The molecule has 1 aromatic carbocycles. The van der Waals surface area contributed by atoms with Crippen LogP contribution in [0.5, 0.6) is 0 Å². The molecule has 0 bridgehead atoms. The highest BCUT2D eigenvalue weighted by atomic mass is 32.2. The summed E-state index contributed by atoms with van der Waals surface area (Å²) in [6.07, 6.45) is 0.636. The van der Waals surface area contributed by atoms with Crippen molar-refractivity contribution in [3.8, 4) is 11.3 Å².